The fraction of sp³-hybridized carbons (Fsp3) is 0.240. The average molecular weight is 437 g/mol. The zero-order chi connectivity index (χ0) is 22.6. The van der Waals surface area contributed by atoms with Crippen molar-refractivity contribution in [3.05, 3.63) is 101 Å². The normalized spacial score (nSPS) is 11.5. The molecule has 0 aromatic heterocycles. The molecule has 0 radical (unpaired) electrons. The van der Waals surface area contributed by atoms with Crippen molar-refractivity contribution in [1.29, 1.82) is 0 Å². The molecule has 3 rings (SSSR count). The predicted molar refractivity (Wildman–Crippen MR) is 123 cm³/mol. The topological polar surface area (TPSA) is 57.7 Å². The van der Waals surface area contributed by atoms with Crippen LogP contribution in [-0.4, -0.2) is 37.6 Å². The Morgan fingerprint density at radius 2 is 1.29 bits per heavy atom. The van der Waals surface area contributed by atoms with Crippen molar-refractivity contribution in [2.24, 2.45) is 0 Å². The van der Waals surface area contributed by atoms with Gasteiger partial charge in [0.25, 0.3) is 5.91 Å². The summed E-state index contributed by atoms with van der Waals surface area (Å²) >= 11 is 0. The Balaban J connectivity index is 2.03. The Morgan fingerprint density at radius 1 is 0.806 bits per heavy atom. The minimum absolute atomic E-state index is 0.167. The zero-order valence-corrected chi connectivity index (χ0v) is 19.2. The van der Waals surface area contributed by atoms with Gasteiger partial charge in [-0.1, -0.05) is 60.7 Å². The van der Waals surface area contributed by atoms with Crippen molar-refractivity contribution in [1.82, 2.24) is 9.21 Å². The Labute approximate surface area is 185 Å². The van der Waals surface area contributed by atoms with Crippen LogP contribution in [0.2, 0.25) is 0 Å². The second-order valence-corrected chi connectivity index (χ2v) is 9.96. The van der Waals surface area contributed by atoms with Gasteiger partial charge >= 0.3 is 0 Å². The molecule has 162 valence electrons. The summed E-state index contributed by atoms with van der Waals surface area (Å²) in [4.78, 5) is 15.5. The highest BCUT2D eigenvalue weighted by molar-refractivity contribution is 7.89. The quantitative estimate of drug-likeness (QED) is 0.552. The molecule has 0 spiro atoms. The monoisotopic (exact) mass is 436 g/mol. The van der Waals surface area contributed by atoms with Crippen molar-refractivity contribution in [2.75, 3.05) is 14.1 Å². The molecular formula is C25H28N2O3S. The van der Waals surface area contributed by atoms with Gasteiger partial charge < -0.3 is 4.90 Å². The van der Waals surface area contributed by atoms with E-state index in [1.165, 1.54) is 24.5 Å². The Bertz CT molecular complexity index is 1120. The van der Waals surface area contributed by atoms with Crippen molar-refractivity contribution in [3.63, 3.8) is 0 Å². The first-order valence-corrected chi connectivity index (χ1v) is 11.5. The van der Waals surface area contributed by atoms with Crippen LogP contribution in [0.1, 0.15) is 32.6 Å². The highest BCUT2D eigenvalue weighted by Gasteiger charge is 2.25. The third-order valence-electron chi connectivity index (χ3n) is 5.35. The number of amides is 1. The molecule has 3 aromatic rings. The molecular weight excluding hydrogens is 408 g/mol. The molecule has 0 aliphatic carbocycles. The molecule has 1 amide bonds. The molecule has 0 unspecified atom stereocenters. The number of nitrogens with zero attached hydrogens (tertiary/aromatic N) is 2. The molecule has 0 aliphatic rings. The van der Waals surface area contributed by atoms with Crippen molar-refractivity contribution < 1.29 is 13.2 Å². The average Bonchev–Trinajstić information content (AvgIpc) is 2.75. The Hall–Kier alpha value is -2.96. The third-order valence-corrected chi connectivity index (χ3v) is 7.29. The number of benzene rings is 3. The number of carbonyl (C=O) groups is 1. The van der Waals surface area contributed by atoms with Crippen LogP contribution in [0.25, 0.3) is 0 Å². The number of hydrogen-bond acceptors (Lipinski definition) is 3. The van der Waals surface area contributed by atoms with Crippen LogP contribution in [0.15, 0.2) is 77.7 Å². The summed E-state index contributed by atoms with van der Waals surface area (Å²) in [6.45, 7) is 4.46. The number of hydrogen-bond donors (Lipinski definition) is 0. The van der Waals surface area contributed by atoms with Crippen LogP contribution >= 0.6 is 0 Å². The molecule has 0 saturated carbocycles. The summed E-state index contributed by atoms with van der Waals surface area (Å²) in [6, 6.07) is 22.8. The second kappa shape index (κ2) is 9.45. The number of carbonyl (C=O) groups excluding carboxylic acids is 1. The SMILES string of the molecule is Cc1cc(C(=O)N(Cc2ccccc2)Cc2ccccc2)cc(S(=O)(=O)N(C)C)c1C. The first kappa shape index (κ1) is 22.7. The van der Waals surface area contributed by atoms with E-state index < -0.39 is 10.0 Å². The largest absolute Gasteiger partial charge is 0.330 e. The maximum Gasteiger partial charge on any atom is 0.254 e. The standard InChI is InChI=1S/C25H28N2O3S/c1-19-15-23(16-24(20(19)2)31(29,30)26(3)4)25(28)27(17-21-11-7-5-8-12-21)18-22-13-9-6-10-14-22/h5-16H,17-18H2,1-4H3. The smallest absolute Gasteiger partial charge is 0.254 e. The predicted octanol–water partition coefficient (Wildman–Crippen LogP) is 4.40. The summed E-state index contributed by atoms with van der Waals surface area (Å²) in [7, 11) is -0.675. The summed E-state index contributed by atoms with van der Waals surface area (Å²) in [5.74, 6) is -0.203. The molecule has 0 aliphatic heterocycles. The minimum Gasteiger partial charge on any atom is -0.330 e. The number of rotatable bonds is 7. The maximum atomic E-state index is 13.6. The van der Waals surface area contributed by atoms with E-state index in [1.54, 1.807) is 17.9 Å². The van der Waals surface area contributed by atoms with Gasteiger partial charge in [0, 0.05) is 32.7 Å². The van der Waals surface area contributed by atoms with Gasteiger partial charge in [-0.25, -0.2) is 12.7 Å². The lowest BCUT2D eigenvalue weighted by molar-refractivity contribution is 0.0729. The highest BCUT2D eigenvalue weighted by Crippen LogP contribution is 2.25. The Kier molecular flexibility index (Phi) is 6.93. The number of sulfonamides is 1. The molecule has 0 bridgehead atoms. The summed E-state index contributed by atoms with van der Waals surface area (Å²) < 4.78 is 26.8. The van der Waals surface area contributed by atoms with Crippen LogP contribution in [0.5, 0.6) is 0 Å². The fourth-order valence-corrected chi connectivity index (χ4v) is 4.62. The van der Waals surface area contributed by atoms with Crippen molar-refractivity contribution >= 4 is 15.9 Å². The molecule has 0 N–H and O–H groups in total. The molecule has 5 nitrogen and oxygen atoms in total. The number of aryl methyl sites for hydroxylation is 1. The lowest BCUT2D eigenvalue weighted by Gasteiger charge is -2.24. The van der Waals surface area contributed by atoms with Crippen LogP contribution in [0.3, 0.4) is 0 Å². The van der Waals surface area contributed by atoms with Crippen molar-refractivity contribution in [3.8, 4) is 0 Å². The van der Waals surface area contributed by atoms with E-state index in [0.29, 0.717) is 24.2 Å². The van der Waals surface area contributed by atoms with Crippen LogP contribution < -0.4 is 0 Å². The summed E-state index contributed by atoms with van der Waals surface area (Å²) in [5.41, 5.74) is 3.82. The van der Waals surface area contributed by atoms with Crippen LogP contribution in [-0.2, 0) is 23.1 Å². The van der Waals surface area contributed by atoms with Gasteiger partial charge in [0.2, 0.25) is 10.0 Å². The van der Waals surface area contributed by atoms with E-state index in [1.807, 2.05) is 67.6 Å². The van der Waals surface area contributed by atoms with Gasteiger partial charge in [-0.2, -0.15) is 0 Å². The lowest BCUT2D eigenvalue weighted by atomic mass is 10.0. The molecule has 6 heteroatoms. The van der Waals surface area contributed by atoms with Crippen LogP contribution in [0, 0.1) is 13.8 Å². The van der Waals surface area contributed by atoms with Gasteiger partial charge in [0.05, 0.1) is 4.90 Å². The lowest BCUT2D eigenvalue weighted by Crippen LogP contribution is -2.31. The van der Waals surface area contributed by atoms with Gasteiger partial charge in [-0.3, -0.25) is 4.79 Å². The molecule has 0 saturated heterocycles. The Morgan fingerprint density at radius 3 is 1.74 bits per heavy atom. The van der Waals surface area contributed by atoms with E-state index in [0.717, 1.165) is 16.7 Å². The first-order chi connectivity index (χ1) is 14.7. The van der Waals surface area contributed by atoms with Crippen LogP contribution in [0.4, 0.5) is 0 Å². The first-order valence-electron chi connectivity index (χ1n) is 10.1. The third kappa shape index (κ3) is 5.21. The van der Waals surface area contributed by atoms with Crippen molar-refractivity contribution in [2.45, 2.75) is 31.8 Å². The second-order valence-electron chi connectivity index (χ2n) is 7.84. The maximum absolute atomic E-state index is 13.6. The summed E-state index contributed by atoms with van der Waals surface area (Å²) in [5, 5.41) is 0. The highest BCUT2D eigenvalue weighted by atomic mass is 32.2. The molecule has 31 heavy (non-hydrogen) atoms. The van der Waals surface area contributed by atoms with E-state index in [2.05, 4.69) is 0 Å². The van der Waals surface area contributed by atoms with E-state index in [4.69, 9.17) is 0 Å². The van der Waals surface area contributed by atoms with E-state index >= 15 is 0 Å². The van der Waals surface area contributed by atoms with E-state index in [-0.39, 0.29) is 10.8 Å². The molecule has 0 heterocycles. The summed E-state index contributed by atoms with van der Waals surface area (Å²) in [6.07, 6.45) is 0. The zero-order valence-electron chi connectivity index (χ0n) is 18.4. The van der Waals surface area contributed by atoms with Gasteiger partial charge in [0.15, 0.2) is 0 Å². The van der Waals surface area contributed by atoms with Gasteiger partial charge in [0.1, 0.15) is 0 Å². The minimum atomic E-state index is -3.67. The van der Waals surface area contributed by atoms with E-state index in [9.17, 15) is 13.2 Å². The van der Waals surface area contributed by atoms with Gasteiger partial charge in [-0.05, 0) is 48.2 Å². The molecule has 3 aromatic carbocycles. The van der Waals surface area contributed by atoms with Gasteiger partial charge in [-0.15, -0.1) is 0 Å². The molecule has 0 fully saturated rings. The molecule has 0 atom stereocenters. The fourth-order valence-electron chi connectivity index (χ4n) is 3.40.